The minimum absolute atomic E-state index is 0.0211. The number of aliphatic carboxylic acids is 1. The van der Waals surface area contributed by atoms with Gasteiger partial charge >= 0.3 is 12.1 Å². The smallest absolute Gasteiger partial charge is 0.407 e. The van der Waals surface area contributed by atoms with Gasteiger partial charge < -0.3 is 20.5 Å². The summed E-state index contributed by atoms with van der Waals surface area (Å²) in [5.41, 5.74) is 4.51. The van der Waals surface area contributed by atoms with Crippen LogP contribution in [0.2, 0.25) is 0 Å². The molecule has 0 spiro atoms. The van der Waals surface area contributed by atoms with Crippen molar-refractivity contribution in [2.45, 2.75) is 52.5 Å². The van der Waals surface area contributed by atoms with Gasteiger partial charge in [-0.15, -0.1) is 0 Å². The quantitative estimate of drug-likeness (QED) is 0.428. The molecule has 7 nitrogen and oxygen atoms in total. The third-order valence-electron chi connectivity index (χ3n) is 6.29. The molecule has 0 fully saturated rings. The maximum absolute atomic E-state index is 12.8. The summed E-state index contributed by atoms with van der Waals surface area (Å²) in [7, 11) is 0. The van der Waals surface area contributed by atoms with Crippen LogP contribution in [0.3, 0.4) is 0 Å². The lowest BCUT2D eigenvalue weighted by atomic mass is 9.97. The van der Waals surface area contributed by atoms with E-state index in [1.807, 2.05) is 64.1 Å². The van der Waals surface area contributed by atoms with Crippen LogP contribution >= 0.6 is 0 Å². The Hall–Kier alpha value is -3.35. The van der Waals surface area contributed by atoms with Crippen LogP contribution in [0.15, 0.2) is 48.5 Å². The Bertz CT molecular complexity index is 1000. The zero-order chi connectivity index (χ0) is 25.5. The first kappa shape index (κ1) is 26.3. The van der Waals surface area contributed by atoms with Crippen LogP contribution in [0.5, 0.6) is 0 Å². The highest BCUT2D eigenvalue weighted by molar-refractivity contribution is 5.86. The molecule has 35 heavy (non-hydrogen) atoms. The lowest BCUT2D eigenvalue weighted by molar-refractivity contribution is -0.142. The van der Waals surface area contributed by atoms with E-state index in [1.54, 1.807) is 0 Å². The number of carbonyl (C=O) groups excluding carboxylic acids is 2. The summed E-state index contributed by atoms with van der Waals surface area (Å²) < 4.78 is 5.59. The number of benzene rings is 2. The Morgan fingerprint density at radius 2 is 1.43 bits per heavy atom. The molecule has 3 N–H and O–H groups in total. The third-order valence-corrected chi connectivity index (χ3v) is 6.29. The number of carboxylic acids is 1. The fourth-order valence-corrected chi connectivity index (χ4v) is 4.67. The molecule has 1 unspecified atom stereocenters. The van der Waals surface area contributed by atoms with Crippen molar-refractivity contribution >= 4 is 18.0 Å². The van der Waals surface area contributed by atoms with Gasteiger partial charge in [-0.1, -0.05) is 76.2 Å². The molecule has 0 saturated heterocycles. The first-order valence-electron chi connectivity index (χ1n) is 12.3. The van der Waals surface area contributed by atoms with Gasteiger partial charge in [0, 0.05) is 12.5 Å². The number of hydrogen-bond donors (Lipinski definition) is 3. The predicted molar refractivity (Wildman–Crippen MR) is 135 cm³/mol. The molecule has 2 aromatic carbocycles. The Morgan fingerprint density at radius 1 is 0.886 bits per heavy atom. The van der Waals surface area contributed by atoms with Gasteiger partial charge in [0.25, 0.3) is 0 Å². The number of carbonyl (C=O) groups is 3. The normalized spacial score (nSPS) is 14.2. The number of nitrogens with one attached hydrogen (secondary N) is 2. The summed E-state index contributed by atoms with van der Waals surface area (Å²) in [6.45, 7) is 7.98. The van der Waals surface area contributed by atoms with Crippen molar-refractivity contribution < 1.29 is 24.2 Å². The maximum Gasteiger partial charge on any atom is 0.407 e. The van der Waals surface area contributed by atoms with Crippen LogP contribution in [-0.2, 0) is 14.3 Å². The molecule has 0 radical (unpaired) electrons. The average molecular weight is 481 g/mol. The summed E-state index contributed by atoms with van der Waals surface area (Å²) in [4.78, 5) is 37.1. The highest BCUT2D eigenvalue weighted by atomic mass is 16.5. The number of hydrogen-bond acceptors (Lipinski definition) is 4. The number of ether oxygens (including phenoxy) is 1. The van der Waals surface area contributed by atoms with E-state index in [0.717, 1.165) is 22.3 Å². The fourth-order valence-electron chi connectivity index (χ4n) is 4.67. The Labute approximate surface area is 207 Å². The van der Waals surface area contributed by atoms with Crippen molar-refractivity contribution in [3.05, 3.63) is 59.7 Å². The molecule has 0 aliphatic heterocycles. The molecule has 2 aromatic rings. The largest absolute Gasteiger partial charge is 0.481 e. The van der Waals surface area contributed by atoms with E-state index in [2.05, 4.69) is 22.8 Å². The molecule has 1 aliphatic rings. The molecule has 0 saturated carbocycles. The average Bonchev–Trinajstić information content (AvgIpc) is 3.13. The molecule has 1 aliphatic carbocycles. The van der Waals surface area contributed by atoms with Crippen LogP contribution in [0, 0.1) is 17.8 Å². The van der Waals surface area contributed by atoms with Gasteiger partial charge in [0.2, 0.25) is 5.91 Å². The number of amides is 2. The van der Waals surface area contributed by atoms with E-state index < -0.39 is 29.9 Å². The van der Waals surface area contributed by atoms with Crippen LogP contribution < -0.4 is 10.6 Å². The monoisotopic (exact) mass is 480 g/mol. The van der Waals surface area contributed by atoms with Crippen LogP contribution in [0.4, 0.5) is 4.79 Å². The third kappa shape index (κ3) is 6.84. The summed E-state index contributed by atoms with van der Waals surface area (Å²) in [5.74, 6) is -1.75. The molecule has 2 atom stereocenters. The topological polar surface area (TPSA) is 105 Å². The Morgan fingerprint density at radius 3 is 1.94 bits per heavy atom. The minimum Gasteiger partial charge on any atom is -0.481 e. The van der Waals surface area contributed by atoms with Crippen molar-refractivity contribution in [3.63, 3.8) is 0 Å². The molecule has 7 heteroatoms. The maximum atomic E-state index is 12.8. The molecular formula is C28H36N2O5. The van der Waals surface area contributed by atoms with Gasteiger partial charge in [-0.05, 0) is 46.9 Å². The fraction of sp³-hybridized carbons (Fsp3) is 0.464. The molecule has 0 aromatic heterocycles. The van der Waals surface area contributed by atoms with Crippen LogP contribution in [-0.4, -0.2) is 42.3 Å². The zero-order valence-electron chi connectivity index (χ0n) is 20.9. The zero-order valence-corrected chi connectivity index (χ0v) is 20.9. The lowest BCUT2D eigenvalue weighted by Gasteiger charge is -2.22. The van der Waals surface area contributed by atoms with Crippen molar-refractivity contribution in [1.29, 1.82) is 0 Å². The van der Waals surface area contributed by atoms with E-state index >= 15 is 0 Å². The van der Waals surface area contributed by atoms with Crippen molar-refractivity contribution in [1.82, 2.24) is 10.6 Å². The van der Waals surface area contributed by atoms with Crippen LogP contribution in [0.25, 0.3) is 11.1 Å². The predicted octanol–water partition coefficient (Wildman–Crippen LogP) is 4.80. The SMILES string of the molecule is CC(C)CC(CNC(=O)[C@H](CC(C)C)NC(=O)OCC1c2ccccc2-c2ccccc21)C(=O)O. The van der Waals surface area contributed by atoms with Crippen molar-refractivity contribution in [3.8, 4) is 11.1 Å². The number of carboxylic acid groups (broad SMARTS) is 1. The van der Waals surface area contributed by atoms with Gasteiger partial charge in [0.1, 0.15) is 12.6 Å². The second-order valence-corrected chi connectivity index (χ2v) is 10.1. The molecule has 188 valence electrons. The van der Waals surface area contributed by atoms with Gasteiger partial charge in [0.05, 0.1) is 5.92 Å². The first-order valence-corrected chi connectivity index (χ1v) is 12.3. The summed E-state index contributed by atoms with van der Waals surface area (Å²) in [5, 5.41) is 14.8. The van der Waals surface area contributed by atoms with Crippen LogP contribution in [0.1, 0.15) is 57.6 Å². The van der Waals surface area contributed by atoms with Gasteiger partial charge in [-0.3, -0.25) is 9.59 Å². The summed E-state index contributed by atoms with van der Waals surface area (Å²) in [6, 6.07) is 15.4. The second-order valence-electron chi connectivity index (χ2n) is 10.1. The number of alkyl carbamates (subject to hydrolysis) is 1. The van der Waals surface area contributed by atoms with Crippen molar-refractivity contribution in [2.24, 2.45) is 17.8 Å². The lowest BCUT2D eigenvalue weighted by Crippen LogP contribution is -2.49. The molecular weight excluding hydrogens is 444 g/mol. The van der Waals surface area contributed by atoms with E-state index in [4.69, 9.17) is 4.74 Å². The number of rotatable bonds is 11. The molecule has 2 amide bonds. The number of fused-ring (bicyclic) bond motifs is 3. The standard InChI is InChI=1S/C28H36N2O5/c1-17(2)13-19(27(32)33)15-29-26(31)25(14-18(3)4)30-28(34)35-16-24-22-11-7-5-9-20(22)21-10-6-8-12-23(21)24/h5-12,17-19,24-25H,13-16H2,1-4H3,(H,29,31)(H,30,34)(H,32,33)/t19?,25-/m0/s1. The second kappa shape index (κ2) is 11.9. The Balaban J connectivity index is 1.62. The highest BCUT2D eigenvalue weighted by Crippen LogP contribution is 2.44. The minimum atomic E-state index is -0.941. The van der Waals surface area contributed by atoms with E-state index in [9.17, 15) is 19.5 Å². The summed E-state index contributed by atoms with van der Waals surface area (Å²) in [6.07, 6.45) is 0.215. The van der Waals surface area contributed by atoms with Gasteiger partial charge in [0.15, 0.2) is 0 Å². The summed E-state index contributed by atoms with van der Waals surface area (Å²) >= 11 is 0. The first-order chi connectivity index (χ1) is 16.7. The molecule has 3 rings (SSSR count). The van der Waals surface area contributed by atoms with E-state index in [1.165, 1.54) is 0 Å². The highest BCUT2D eigenvalue weighted by Gasteiger charge is 2.30. The Kier molecular flexibility index (Phi) is 8.90. The van der Waals surface area contributed by atoms with Crippen molar-refractivity contribution in [2.75, 3.05) is 13.2 Å². The van der Waals surface area contributed by atoms with E-state index in [-0.39, 0.29) is 30.9 Å². The van der Waals surface area contributed by atoms with Gasteiger partial charge in [-0.2, -0.15) is 0 Å². The molecule has 0 heterocycles. The van der Waals surface area contributed by atoms with E-state index in [0.29, 0.717) is 12.8 Å². The molecule has 0 bridgehead atoms. The van der Waals surface area contributed by atoms with Gasteiger partial charge in [-0.25, -0.2) is 4.79 Å².